The first-order valence-corrected chi connectivity index (χ1v) is 10.4. The molecule has 2 aliphatic rings. The second-order valence-electron chi connectivity index (χ2n) is 6.48. The molecule has 0 saturated carbocycles. The molecule has 2 aliphatic heterocycles. The Labute approximate surface area is 169 Å². The van der Waals surface area contributed by atoms with Gasteiger partial charge in [-0.3, -0.25) is 13.8 Å². The molecule has 10 heteroatoms. The van der Waals surface area contributed by atoms with Crippen LogP contribution in [0, 0.1) is 12.3 Å². The van der Waals surface area contributed by atoms with Gasteiger partial charge in [0.05, 0.1) is 24.9 Å². The fourth-order valence-electron chi connectivity index (χ4n) is 2.94. The number of amides is 1. The number of ether oxygens (including phenoxy) is 1. The Bertz CT molecular complexity index is 909. The highest BCUT2D eigenvalue weighted by molar-refractivity contribution is 7.49. The Morgan fingerprint density at radius 1 is 1.48 bits per heavy atom. The van der Waals surface area contributed by atoms with Crippen molar-refractivity contribution < 1.29 is 27.7 Å². The Balaban J connectivity index is 1.54. The van der Waals surface area contributed by atoms with Crippen LogP contribution in [-0.2, 0) is 29.8 Å². The number of carbonyl (C=O) groups excluding carboxylic acids is 1. The van der Waals surface area contributed by atoms with Crippen molar-refractivity contribution in [2.45, 2.75) is 31.8 Å². The highest BCUT2D eigenvalue weighted by Gasteiger charge is 2.36. The molecule has 9 nitrogen and oxygen atoms in total. The lowest BCUT2D eigenvalue weighted by Gasteiger charge is -2.26. The van der Waals surface area contributed by atoms with Crippen molar-refractivity contribution in [1.29, 1.82) is 0 Å². The van der Waals surface area contributed by atoms with Gasteiger partial charge in [0, 0.05) is 18.8 Å². The summed E-state index contributed by atoms with van der Waals surface area (Å²) in [4.78, 5) is 15.7. The largest absolute Gasteiger partial charge is 0.530 e. The van der Waals surface area contributed by atoms with Crippen LogP contribution in [0.1, 0.15) is 18.4 Å². The molecule has 1 fully saturated rings. The molecule has 3 rings (SSSR count). The highest BCUT2D eigenvalue weighted by atomic mass is 31.2. The first kappa shape index (κ1) is 21.1. The smallest absolute Gasteiger partial charge is 0.404 e. The predicted octanol–water partition coefficient (Wildman–Crippen LogP) is 2.19. The fraction of sp³-hybridized carbons (Fsp3) is 0.368. The Morgan fingerprint density at radius 2 is 2.28 bits per heavy atom. The summed E-state index contributed by atoms with van der Waals surface area (Å²) in [5.74, 6) is 2.84. The normalized spacial score (nSPS) is 26.9. The van der Waals surface area contributed by atoms with E-state index in [9.17, 15) is 9.36 Å². The van der Waals surface area contributed by atoms with Crippen LogP contribution in [0.15, 0.2) is 41.0 Å². The van der Waals surface area contributed by atoms with Gasteiger partial charge in [-0.1, -0.05) is 24.1 Å². The number of phosphoric ester groups is 1. The summed E-state index contributed by atoms with van der Waals surface area (Å²) in [6.45, 7) is 0.220. The number of aliphatic imine (C=N–C) groups is 1. The molecular weight excluding hydrogens is 397 g/mol. The average Bonchev–Trinajstić information content (AvgIpc) is 3.20. The van der Waals surface area contributed by atoms with Gasteiger partial charge in [-0.05, 0) is 18.9 Å². The molecule has 0 spiro atoms. The van der Waals surface area contributed by atoms with Crippen LogP contribution in [0.2, 0.25) is 0 Å². The van der Waals surface area contributed by atoms with E-state index in [4.69, 9.17) is 30.5 Å². The van der Waals surface area contributed by atoms with Crippen molar-refractivity contribution in [2.75, 3.05) is 13.7 Å². The minimum Gasteiger partial charge on any atom is -0.404 e. The SMILES string of the molecule is C#C/C(=C/N(C)C1CCC(COP2(=O)OCc3ccccc3O2)O1)C(N)=NC=O. The topological polar surface area (TPSA) is 113 Å². The van der Waals surface area contributed by atoms with Gasteiger partial charge < -0.3 is 19.9 Å². The van der Waals surface area contributed by atoms with Crippen LogP contribution >= 0.6 is 7.82 Å². The van der Waals surface area contributed by atoms with E-state index in [0.29, 0.717) is 25.0 Å². The predicted molar refractivity (Wildman–Crippen MR) is 106 cm³/mol. The molecule has 1 aromatic rings. The summed E-state index contributed by atoms with van der Waals surface area (Å²) in [7, 11) is -1.92. The van der Waals surface area contributed by atoms with Crippen LogP contribution in [-0.4, -0.2) is 43.1 Å². The number of benzene rings is 1. The molecule has 29 heavy (non-hydrogen) atoms. The maximum atomic E-state index is 12.7. The second-order valence-corrected chi connectivity index (χ2v) is 8.07. The second kappa shape index (κ2) is 9.25. The zero-order valence-electron chi connectivity index (χ0n) is 15.9. The number of amidine groups is 1. The molecule has 0 aliphatic carbocycles. The average molecular weight is 419 g/mol. The summed E-state index contributed by atoms with van der Waals surface area (Å²) in [5.41, 5.74) is 6.74. The summed E-state index contributed by atoms with van der Waals surface area (Å²) in [6, 6.07) is 7.20. The molecule has 1 aromatic carbocycles. The van der Waals surface area contributed by atoms with Gasteiger partial charge in [0.15, 0.2) is 0 Å². The third kappa shape index (κ3) is 5.25. The third-order valence-electron chi connectivity index (χ3n) is 4.47. The van der Waals surface area contributed by atoms with Gasteiger partial charge in [0.25, 0.3) is 0 Å². The van der Waals surface area contributed by atoms with Gasteiger partial charge in [0.1, 0.15) is 17.8 Å². The van der Waals surface area contributed by atoms with Gasteiger partial charge >= 0.3 is 7.82 Å². The van der Waals surface area contributed by atoms with E-state index < -0.39 is 7.82 Å². The first-order valence-electron chi connectivity index (χ1n) is 8.94. The number of hydrogen-bond acceptors (Lipinski definition) is 7. The van der Waals surface area contributed by atoms with Gasteiger partial charge in [-0.2, -0.15) is 4.99 Å². The van der Waals surface area contributed by atoms with E-state index in [1.165, 1.54) is 0 Å². The summed E-state index contributed by atoms with van der Waals surface area (Å²) in [5, 5.41) is 0. The number of hydrogen-bond donors (Lipinski definition) is 1. The number of fused-ring (bicyclic) bond motifs is 1. The van der Waals surface area contributed by atoms with Crippen molar-refractivity contribution in [3.8, 4) is 18.1 Å². The van der Waals surface area contributed by atoms with Crippen molar-refractivity contribution in [3.63, 3.8) is 0 Å². The fourth-order valence-corrected chi connectivity index (χ4v) is 4.19. The first-order chi connectivity index (χ1) is 13.9. The lowest BCUT2D eigenvalue weighted by atomic mass is 10.2. The van der Waals surface area contributed by atoms with E-state index in [2.05, 4.69) is 10.9 Å². The zero-order chi connectivity index (χ0) is 20.9. The summed E-state index contributed by atoms with van der Waals surface area (Å²) in [6.07, 6.45) is 8.13. The lowest BCUT2D eigenvalue weighted by Crippen LogP contribution is -2.30. The molecular formula is C19H22N3O6P. The van der Waals surface area contributed by atoms with Gasteiger partial charge in [0.2, 0.25) is 6.41 Å². The van der Waals surface area contributed by atoms with E-state index >= 15 is 0 Å². The summed E-state index contributed by atoms with van der Waals surface area (Å²) < 4.78 is 34.8. The van der Waals surface area contributed by atoms with Crippen LogP contribution in [0.5, 0.6) is 5.75 Å². The molecule has 3 atom stereocenters. The number of nitrogens with zero attached hydrogens (tertiary/aromatic N) is 2. The van der Waals surface area contributed by atoms with E-state index in [1.54, 1.807) is 30.3 Å². The minimum absolute atomic E-state index is 0.0443. The molecule has 154 valence electrons. The summed E-state index contributed by atoms with van der Waals surface area (Å²) >= 11 is 0. The number of terminal acetylenes is 1. The maximum absolute atomic E-state index is 12.7. The quantitative estimate of drug-likeness (QED) is 0.235. The van der Waals surface area contributed by atoms with Crippen molar-refractivity contribution >= 4 is 20.1 Å². The number of nitrogens with two attached hydrogens (primary N) is 1. The van der Waals surface area contributed by atoms with E-state index in [1.807, 2.05) is 12.1 Å². The van der Waals surface area contributed by atoms with E-state index in [0.717, 1.165) is 5.56 Å². The number of phosphoric acid groups is 1. The molecule has 2 N–H and O–H groups in total. The number of rotatable bonds is 7. The number of carbonyl (C=O) groups is 1. The Hall–Kier alpha value is -2.63. The molecule has 3 unspecified atom stereocenters. The van der Waals surface area contributed by atoms with Crippen LogP contribution in [0.25, 0.3) is 0 Å². The molecule has 0 aromatic heterocycles. The highest BCUT2D eigenvalue weighted by Crippen LogP contribution is 2.54. The molecule has 0 radical (unpaired) electrons. The molecule has 0 bridgehead atoms. The van der Waals surface area contributed by atoms with E-state index in [-0.39, 0.29) is 37.0 Å². The minimum atomic E-state index is -3.69. The molecule has 1 amide bonds. The van der Waals surface area contributed by atoms with Crippen LogP contribution in [0.4, 0.5) is 0 Å². The number of para-hydroxylation sites is 1. The van der Waals surface area contributed by atoms with Gasteiger partial charge in [-0.25, -0.2) is 4.57 Å². The van der Waals surface area contributed by atoms with Crippen molar-refractivity contribution in [3.05, 3.63) is 41.6 Å². The van der Waals surface area contributed by atoms with Crippen molar-refractivity contribution in [2.24, 2.45) is 10.7 Å². The Kier molecular flexibility index (Phi) is 6.72. The van der Waals surface area contributed by atoms with Crippen molar-refractivity contribution in [1.82, 2.24) is 4.90 Å². The molecule has 2 heterocycles. The standard InChI is InChI=1S/C19H22N3O6P/c1-3-14(19(20)21-13-23)10-22(2)18-9-8-16(27-18)12-26-29(24)25-11-15-6-4-5-7-17(15)28-29/h1,4-7,10,13,16,18H,8-9,11-12H2,2H3,(H2,20,21,23)/b14-10-. The maximum Gasteiger partial charge on any atom is 0.530 e. The zero-order valence-corrected chi connectivity index (χ0v) is 16.8. The lowest BCUT2D eigenvalue weighted by molar-refractivity contribution is -0.106. The Morgan fingerprint density at radius 3 is 3.03 bits per heavy atom. The van der Waals surface area contributed by atoms with Gasteiger partial charge in [-0.15, -0.1) is 6.42 Å². The molecule has 1 saturated heterocycles. The third-order valence-corrected chi connectivity index (χ3v) is 5.81. The monoisotopic (exact) mass is 419 g/mol. The van der Waals surface area contributed by atoms with Crippen LogP contribution in [0.3, 0.4) is 0 Å². The van der Waals surface area contributed by atoms with Crippen LogP contribution < -0.4 is 10.3 Å².